The lowest BCUT2D eigenvalue weighted by Crippen LogP contribution is -2.18. The van der Waals surface area contributed by atoms with E-state index in [-0.39, 0.29) is 0 Å². The summed E-state index contributed by atoms with van der Waals surface area (Å²) in [5.41, 5.74) is 3.92. The topological polar surface area (TPSA) is 21.3 Å². The smallest absolute Gasteiger partial charge is 0.119 e. The minimum absolute atomic E-state index is 0.303. The standard InChI is InChI=1S/C18H23NO/c1-4-20-17-10-6-9-16(13-17)18(19-3)12-15-8-5-7-14(2)11-15/h5-11,13,18-19H,4,12H2,1-3H3. The van der Waals surface area contributed by atoms with Crippen molar-refractivity contribution in [1.29, 1.82) is 0 Å². The van der Waals surface area contributed by atoms with E-state index in [0.717, 1.165) is 12.2 Å². The van der Waals surface area contributed by atoms with E-state index in [1.807, 2.05) is 20.0 Å². The SMILES string of the molecule is CCOc1cccc(C(Cc2cccc(C)c2)NC)c1. The molecular weight excluding hydrogens is 246 g/mol. The van der Waals surface area contributed by atoms with Gasteiger partial charge in [-0.05, 0) is 50.6 Å². The van der Waals surface area contributed by atoms with Gasteiger partial charge in [0.2, 0.25) is 0 Å². The van der Waals surface area contributed by atoms with Crippen LogP contribution in [0.5, 0.6) is 5.75 Å². The van der Waals surface area contributed by atoms with E-state index in [2.05, 4.69) is 54.7 Å². The number of ether oxygens (including phenoxy) is 1. The molecule has 2 rings (SSSR count). The van der Waals surface area contributed by atoms with Gasteiger partial charge < -0.3 is 10.1 Å². The lowest BCUT2D eigenvalue weighted by atomic mass is 9.98. The normalized spacial score (nSPS) is 12.2. The highest BCUT2D eigenvalue weighted by Crippen LogP contribution is 2.22. The van der Waals surface area contributed by atoms with Gasteiger partial charge in [0.1, 0.15) is 5.75 Å². The van der Waals surface area contributed by atoms with Crippen molar-refractivity contribution < 1.29 is 4.74 Å². The van der Waals surface area contributed by atoms with Gasteiger partial charge in [-0.1, -0.05) is 42.0 Å². The van der Waals surface area contributed by atoms with Crippen LogP contribution < -0.4 is 10.1 Å². The Morgan fingerprint density at radius 1 is 1.10 bits per heavy atom. The number of benzene rings is 2. The van der Waals surface area contributed by atoms with Crippen LogP contribution in [0.3, 0.4) is 0 Å². The molecule has 106 valence electrons. The van der Waals surface area contributed by atoms with Crippen LogP contribution in [-0.2, 0) is 6.42 Å². The maximum Gasteiger partial charge on any atom is 0.119 e. The van der Waals surface area contributed by atoms with Crippen LogP contribution in [0.25, 0.3) is 0 Å². The maximum absolute atomic E-state index is 5.58. The van der Waals surface area contributed by atoms with Crippen molar-refractivity contribution in [3.8, 4) is 5.75 Å². The average Bonchev–Trinajstić information content (AvgIpc) is 2.45. The van der Waals surface area contributed by atoms with E-state index >= 15 is 0 Å². The minimum Gasteiger partial charge on any atom is -0.494 e. The molecule has 0 radical (unpaired) electrons. The largest absolute Gasteiger partial charge is 0.494 e. The summed E-state index contributed by atoms with van der Waals surface area (Å²) < 4.78 is 5.58. The van der Waals surface area contributed by atoms with E-state index < -0.39 is 0 Å². The zero-order valence-corrected chi connectivity index (χ0v) is 12.5. The number of hydrogen-bond acceptors (Lipinski definition) is 2. The Labute approximate surface area is 121 Å². The average molecular weight is 269 g/mol. The molecule has 0 heterocycles. The second kappa shape index (κ2) is 7.11. The quantitative estimate of drug-likeness (QED) is 0.859. The van der Waals surface area contributed by atoms with E-state index in [1.165, 1.54) is 16.7 Å². The zero-order chi connectivity index (χ0) is 14.4. The lowest BCUT2D eigenvalue weighted by molar-refractivity contribution is 0.339. The summed E-state index contributed by atoms with van der Waals surface area (Å²) in [4.78, 5) is 0. The molecule has 2 heteroatoms. The van der Waals surface area contributed by atoms with Crippen LogP contribution >= 0.6 is 0 Å². The molecule has 2 aromatic carbocycles. The van der Waals surface area contributed by atoms with E-state index in [9.17, 15) is 0 Å². The molecule has 1 N–H and O–H groups in total. The van der Waals surface area contributed by atoms with Crippen molar-refractivity contribution in [1.82, 2.24) is 5.32 Å². The van der Waals surface area contributed by atoms with Gasteiger partial charge in [0.25, 0.3) is 0 Å². The molecule has 0 aliphatic heterocycles. The molecule has 1 atom stereocenters. The molecule has 0 amide bonds. The Bertz CT molecular complexity index is 551. The predicted molar refractivity (Wildman–Crippen MR) is 84.3 cm³/mol. The summed E-state index contributed by atoms with van der Waals surface area (Å²) in [6, 6.07) is 17.3. The van der Waals surface area contributed by atoms with Crippen molar-refractivity contribution in [2.45, 2.75) is 26.3 Å². The van der Waals surface area contributed by atoms with Gasteiger partial charge in [-0.3, -0.25) is 0 Å². The number of rotatable bonds is 6. The summed E-state index contributed by atoms with van der Waals surface area (Å²) in [6.07, 6.45) is 0.980. The monoisotopic (exact) mass is 269 g/mol. The molecule has 0 bridgehead atoms. The number of hydrogen-bond donors (Lipinski definition) is 1. The van der Waals surface area contributed by atoms with Gasteiger partial charge in [0.05, 0.1) is 6.61 Å². The first kappa shape index (κ1) is 14.6. The van der Waals surface area contributed by atoms with Gasteiger partial charge in [0.15, 0.2) is 0 Å². The molecule has 0 aromatic heterocycles. The first-order valence-electron chi connectivity index (χ1n) is 7.18. The Hall–Kier alpha value is -1.80. The maximum atomic E-state index is 5.58. The van der Waals surface area contributed by atoms with Gasteiger partial charge in [0, 0.05) is 6.04 Å². The van der Waals surface area contributed by atoms with Gasteiger partial charge in [-0.25, -0.2) is 0 Å². The molecular formula is C18H23NO. The molecule has 0 aliphatic rings. The highest BCUT2D eigenvalue weighted by atomic mass is 16.5. The minimum atomic E-state index is 0.303. The zero-order valence-electron chi connectivity index (χ0n) is 12.5. The fourth-order valence-electron chi connectivity index (χ4n) is 2.45. The van der Waals surface area contributed by atoms with Crippen LogP contribution in [0, 0.1) is 6.92 Å². The third-order valence-electron chi connectivity index (χ3n) is 3.44. The fraction of sp³-hybridized carbons (Fsp3) is 0.333. The Morgan fingerprint density at radius 2 is 1.90 bits per heavy atom. The summed E-state index contributed by atoms with van der Waals surface area (Å²) in [7, 11) is 2.01. The third kappa shape index (κ3) is 3.84. The van der Waals surface area contributed by atoms with Gasteiger partial charge >= 0.3 is 0 Å². The molecule has 0 aliphatic carbocycles. The first-order chi connectivity index (χ1) is 9.72. The second-order valence-electron chi connectivity index (χ2n) is 5.04. The molecule has 2 aromatic rings. The molecule has 2 nitrogen and oxygen atoms in total. The van der Waals surface area contributed by atoms with Crippen molar-refractivity contribution >= 4 is 0 Å². The van der Waals surface area contributed by atoms with Gasteiger partial charge in [-0.15, -0.1) is 0 Å². The predicted octanol–water partition coefficient (Wildman–Crippen LogP) is 3.90. The second-order valence-corrected chi connectivity index (χ2v) is 5.04. The van der Waals surface area contributed by atoms with Gasteiger partial charge in [-0.2, -0.15) is 0 Å². The van der Waals surface area contributed by atoms with Crippen molar-refractivity contribution in [2.75, 3.05) is 13.7 Å². The Balaban J connectivity index is 2.17. The Kier molecular flexibility index (Phi) is 5.19. The van der Waals surface area contributed by atoms with Crippen LogP contribution in [0.2, 0.25) is 0 Å². The van der Waals surface area contributed by atoms with E-state index in [4.69, 9.17) is 4.74 Å². The fourth-order valence-corrected chi connectivity index (χ4v) is 2.45. The molecule has 0 saturated heterocycles. The summed E-state index contributed by atoms with van der Waals surface area (Å²) >= 11 is 0. The van der Waals surface area contributed by atoms with Crippen molar-refractivity contribution in [3.05, 3.63) is 65.2 Å². The van der Waals surface area contributed by atoms with E-state index in [0.29, 0.717) is 12.6 Å². The number of likely N-dealkylation sites (N-methyl/N-ethyl adjacent to an activating group) is 1. The number of aryl methyl sites for hydroxylation is 1. The van der Waals surface area contributed by atoms with Crippen LogP contribution in [0.15, 0.2) is 48.5 Å². The van der Waals surface area contributed by atoms with Crippen LogP contribution in [0.1, 0.15) is 29.7 Å². The highest BCUT2D eigenvalue weighted by Gasteiger charge is 2.11. The van der Waals surface area contributed by atoms with Crippen molar-refractivity contribution in [3.63, 3.8) is 0 Å². The summed E-state index contributed by atoms with van der Waals surface area (Å²) in [5.74, 6) is 0.939. The van der Waals surface area contributed by atoms with Crippen molar-refractivity contribution in [2.24, 2.45) is 0 Å². The number of nitrogens with one attached hydrogen (secondary N) is 1. The molecule has 1 unspecified atom stereocenters. The van der Waals surface area contributed by atoms with Crippen LogP contribution in [-0.4, -0.2) is 13.7 Å². The molecule has 0 fully saturated rings. The Morgan fingerprint density at radius 3 is 2.60 bits per heavy atom. The molecule has 0 spiro atoms. The molecule has 0 saturated carbocycles. The lowest BCUT2D eigenvalue weighted by Gasteiger charge is -2.18. The van der Waals surface area contributed by atoms with E-state index in [1.54, 1.807) is 0 Å². The highest BCUT2D eigenvalue weighted by molar-refractivity contribution is 5.32. The third-order valence-corrected chi connectivity index (χ3v) is 3.44. The van der Waals surface area contributed by atoms with Crippen LogP contribution in [0.4, 0.5) is 0 Å². The first-order valence-corrected chi connectivity index (χ1v) is 7.18. The summed E-state index contributed by atoms with van der Waals surface area (Å²) in [6.45, 7) is 4.84. The molecule has 20 heavy (non-hydrogen) atoms. The summed E-state index contributed by atoms with van der Waals surface area (Å²) in [5, 5.41) is 3.40.